The molecular formula is C28H29NO10. The Morgan fingerprint density at radius 3 is 2.10 bits per heavy atom. The fraction of sp³-hybridized carbons (Fsp3) is 0.464. The molecule has 2 heterocycles. The maximum absolute atomic E-state index is 13.1. The molecule has 11 nitrogen and oxygen atoms in total. The van der Waals surface area contributed by atoms with Crippen molar-refractivity contribution in [2.24, 2.45) is 11.8 Å². The Labute approximate surface area is 224 Å². The number of cyclic esters (lactones) is 4. The molecule has 0 spiro atoms. The van der Waals surface area contributed by atoms with E-state index in [0.717, 1.165) is 19.3 Å². The second kappa shape index (κ2) is 11.7. The van der Waals surface area contributed by atoms with Gasteiger partial charge < -0.3 is 14.2 Å². The number of nitro benzene ring substituents is 1. The minimum atomic E-state index is -0.958. The van der Waals surface area contributed by atoms with E-state index in [1.165, 1.54) is 24.3 Å². The van der Waals surface area contributed by atoms with E-state index in [9.17, 15) is 34.1 Å². The van der Waals surface area contributed by atoms with E-state index >= 15 is 0 Å². The normalized spacial score (nSPS) is 21.6. The Balaban J connectivity index is 1.76. The van der Waals surface area contributed by atoms with Crippen molar-refractivity contribution in [3.05, 3.63) is 62.2 Å². The van der Waals surface area contributed by atoms with E-state index < -0.39 is 52.7 Å². The lowest BCUT2D eigenvalue weighted by Crippen LogP contribution is -2.33. The summed E-state index contributed by atoms with van der Waals surface area (Å²) in [6.07, 6.45) is 2.58. The molecule has 0 aromatic heterocycles. The molecule has 2 aliphatic heterocycles. The summed E-state index contributed by atoms with van der Waals surface area (Å²) in [5.41, 5.74) is 0.362. The molecule has 0 fully saturated rings. The summed E-state index contributed by atoms with van der Waals surface area (Å²) < 4.78 is 15.8. The molecule has 3 aliphatic rings. The highest BCUT2D eigenvalue weighted by atomic mass is 16.6. The minimum absolute atomic E-state index is 0.0222. The van der Waals surface area contributed by atoms with Crippen LogP contribution in [0, 0.1) is 22.0 Å². The lowest BCUT2D eigenvalue weighted by atomic mass is 9.75. The molecule has 4 rings (SSSR count). The molecule has 3 atom stereocenters. The zero-order valence-electron chi connectivity index (χ0n) is 21.7. The van der Waals surface area contributed by atoms with Crippen LogP contribution in [0.1, 0.15) is 75.6 Å². The third-order valence-corrected chi connectivity index (χ3v) is 7.38. The van der Waals surface area contributed by atoms with Gasteiger partial charge in [0, 0.05) is 29.2 Å². The molecule has 0 unspecified atom stereocenters. The van der Waals surface area contributed by atoms with E-state index in [1.807, 2.05) is 13.8 Å². The van der Waals surface area contributed by atoms with Crippen molar-refractivity contribution in [1.29, 1.82) is 0 Å². The van der Waals surface area contributed by atoms with E-state index in [0.29, 0.717) is 19.3 Å². The Bertz CT molecular complexity index is 1290. The van der Waals surface area contributed by atoms with Crippen LogP contribution in [0.5, 0.6) is 0 Å². The summed E-state index contributed by atoms with van der Waals surface area (Å²) >= 11 is 0. The predicted octanol–water partition coefficient (Wildman–Crippen LogP) is 4.29. The number of carbonyl (C=O) groups excluding carboxylic acids is 5. The average Bonchev–Trinajstić information content (AvgIpc) is 3.32. The van der Waals surface area contributed by atoms with Gasteiger partial charge in [0.25, 0.3) is 5.69 Å². The molecule has 1 aromatic rings. The van der Waals surface area contributed by atoms with Gasteiger partial charge in [-0.15, -0.1) is 0 Å². The Morgan fingerprint density at radius 1 is 0.923 bits per heavy atom. The standard InChI is InChI=1S/C28H29NO10/c1-3-5-7-16-13-19-23(28(34)39-25(19)31)18(14-20-22(16)27(33)38-26(20)32)21(8-6-4-2)37-24(30)15-9-11-17(12-10-15)29(35)36/h9-12,16,18,21H,3-8,13-14H2,1-2H3/t16-,18+,21-/m1/s1. The number of hydrogen-bond donors (Lipinski definition) is 0. The van der Waals surface area contributed by atoms with Crippen LogP contribution in [0.4, 0.5) is 5.69 Å². The van der Waals surface area contributed by atoms with Crippen molar-refractivity contribution in [2.45, 2.75) is 71.3 Å². The van der Waals surface area contributed by atoms with Gasteiger partial charge in [-0.25, -0.2) is 24.0 Å². The number of hydrogen-bond acceptors (Lipinski definition) is 10. The third kappa shape index (κ3) is 5.67. The number of carbonyl (C=O) groups is 5. The average molecular weight is 540 g/mol. The molecular weight excluding hydrogens is 510 g/mol. The maximum atomic E-state index is 13.1. The lowest BCUT2D eigenvalue weighted by Gasteiger charge is -2.30. The second-order valence-electron chi connectivity index (χ2n) is 9.88. The van der Waals surface area contributed by atoms with Crippen LogP contribution in [0.15, 0.2) is 46.6 Å². The highest BCUT2D eigenvalue weighted by Gasteiger charge is 2.48. The van der Waals surface area contributed by atoms with Gasteiger partial charge in [0.05, 0.1) is 21.6 Å². The fourth-order valence-electron chi connectivity index (χ4n) is 5.40. The highest BCUT2D eigenvalue weighted by molar-refractivity contribution is 6.15. The third-order valence-electron chi connectivity index (χ3n) is 7.38. The van der Waals surface area contributed by atoms with Crippen molar-refractivity contribution >= 4 is 35.5 Å². The SMILES string of the molecule is CCCC[C@@H]1CC2=C(C(=O)OC2=O)[C@H]([C@@H](CCCC)OC(=O)c2ccc([N+](=O)[O-])cc2)CC2=C1C(=O)OC2=O. The van der Waals surface area contributed by atoms with Gasteiger partial charge in [-0.05, 0) is 43.7 Å². The van der Waals surface area contributed by atoms with Crippen LogP contribution in [0.3, 0.4) is 0 Å². The summed E-state index contributed by atoms with van der Waals surface area (Å²) in [5, 5.41) is 11.0. The number of esters is 5. The summed E-state index contributed by atoms with van der Waals surface area (Å²) in [6.45, 7) is 3.90. The van der Waals surface area contributed by atoms with Crippen LogP contribution in [-0.4, -0.2) is 40.9 Å². The quantitative estimate of drug-likeness (QED) is 0.138. The monoisotopic (exact) mass is 539 g/mol. The molecule has 1 aliphatic carbocycles. The number of unbranched alkanes of at least 4 members (excludes halogenated alkanes) is 2. The second-order valence-corrected chi connectivity index (χ2v) is 9.88. The van der Waals surface area contributed by atoms with Gasteiger partial charge in [0.15, 0.2) is 0 Å². The summed E-state index contributed by atoms with van der Waals surface area (Å²) in [5.74, 6) is -5.46. The molecule has 0 radical (unpaired) electrons. The molecule has 39 heavy (non-hydrogen) atoms. The van der Waals surface area contributed by atoms with Gasteiger partial charge in [0.1, 0.15) is 6.10 Å². The number of ether oxygens (including phenoxy) is 3. The zero-order chi connectivity index (χ0) is 28.3. The summed E-state index contributed by atoms with van der Waals surface area (Å²) in [6, 6.07) is 4.88. The molecule has 11 heteroatoms. The molecule has 0 saturated carbocycles. The van der Waals surface area contributed by atoms with Crippen LogP contribution in [0.25, 0.3) is 0 Å². The highest BCUT2D eigenvalue weighted by Crippen LogP contribution is 2.44. The van der Waals surface area contributed by atoms with Crippen molar-refractivity contribution < 1.29 is 43.1 Å². The smallest absolute Gasteiger partial charge is 0.342 e. The fourth-order valence-corrected chi connectivity index (χ4v) is 5.40. The number of non-ortho nitro benzene ring substituents is 1. The first-order valence-electron chi connectivity index (χ1n) is 13.1. The summed E-state index contributed by atoms with van der Waals surface area (Å²) in [7, 11) is 0. The lowest BCUT2D eigenvalue weighted by molar-refractivity contribution is -0.384. The van der Waals surface area contributed by atoms with E-state index in [1.54, 1.807) is 0 Å². The number of nitrogens with zero attached hydrogens (tertiary/aromatic N) is 1. The van der Waals surface area contributed by atoms with Crippen LogP contribution in [0.2, 0.25) is 0 Å². The van der Waals surface area contributed by atoms with Crippen molar-refractivity contribution in [1.82, 2.24) is 0 Å². The first-order valence-corrected chi connectivity index (χ1v) is 13.1. The molecule has 0 saturated heterocycles. The molecule has 0 N–H and O–H groups in total. The number of benzene rings is 1. The van der Waals surface area contributed by atoms with E-state index in [-0.39, 0.29) is 46.4 Å². The van der Waals surface area contributed by atoms with Gasteiger partial charge in [0.2, 0.25) is 0 Å². The van der Waals surface area contributed by atoms with E-state index in [2.05, 4.69) is 0 Å². The number of nitro groups is 1. The van der Waals surface area contributed by atoms with Gasteiger partial charge >= 0.3 is 29.8 Å². The number of rotatable bonds is 10. The molecule has 0 amide bonds. The Morgan fingerprint density at radius 2 is 1.51 bits per heavy atom. The summed E-state index contributed by atoms with van der Waals surface area (Å²) in [4.78, 5) is 74.8. The Kier molecular flexibility index (Phi) is 8.37. The molecule has 0 bridgehead atoms. The largest absolute Gasteiger partial charge is 0.458 e. The van der Waals surface area contributed by atoms with Crippen molar-refractivity contribution in [3.8, 4) is 0 Å². The van der Waals surface area contributed by atoms with Gasteiger partial charge in [-0.1, -0.05) is 39.5 Å². The van der Waals surface area contributed by atoms with Gasteiger partial charge in [-0.3, -0.25) is 10.1 Å². The van der Waals surface area contributed by atoms with Crippen molar-refractivity contribution in [2.75, 3.05) is 0 Å². The first-order chi connectivity index (χ1) is 18.7. The van der Waals surface area contributed by atoms with Crippen LogP contribution < -0.4 is 0 Å². The topological polar surface area (TPSA) is 156 Å². The van der Waals surface area contributed by atoms with Crippen LogP contribution in [-0.2, 0) is 33.4 Å². The van der Waals surface area contributed by atoms with Crippen LogP contribution >= 0.6 is 0 Å². The molecule has 206 valence electrons. The van der Waals surface area contributed by atoms with E-state index in [4.69, 9.17) is 14.2 Å². The minimum Gasteiger partial charge on any atom is -0.458 e. The molecule has 1 aromatic carbocycles. The Hall–Kier alpha value is -4.15. The maximum Gasteiger partial charge on any atom is 0.342 e. The first kappa shape index (κ1) is 27.9. The van der Waals surface area contributed by atoms with Gasteiger partial charge in [-0.2, -0.15) is 0 Å². The zero-order valence-corrected chi connectivity index (χ0v) is 21.7. The van der Waals surface area contributed by atoms with Crippen molar-refractivity contribution in [3.63, 3.8) is 0 Å². The predicted molar refractivity (Wildman–Crippen MR) is 134 cm³/mol.